The van der Waals surface area contributed by atoms with Crippen molar-refractivity contribution in [2.45, 2.75) is 31.7 Å². The standard InChI is InChI=1S/C10H20N2/c1-12-7-6-11-10(8-12)9-4-2-3-5-9/h9-11H,2-8H2,1H3. The SMILES string of the molecule is CN1CCNC(C2CCCC2)C1. The van der Waals surface area contributed by atoms with Crippen LogP contribution in [0.4, 0.5) is 0 Å². The molecule has 0 aromatic heterocycles. The summed E-state index contributed by atoms with van der Waals surface area (Å²) in [4.78, 5) is 2.46. The largest absolute Gasteiger partial charge is 0.311 e. The van der Waals surface area contributed by atoms with Crippen LogP contribution < -0.4 is 5.32 Å². The normalized spacial score (nSPS) is 34.2. The van der Waals surface area contributed by atoms with E-state index in [-0.39, 0.29) is 0 Å². The molecule has 0 amide bonds. The second-order valence-electron chi connectivity index (χ2n) is 4.37. The Bertz CT molecular complexity index is 141. The smallest absolute Gasteiger partial charge is 0.0223 e. The van der Waals surface area contributed by atoms with Crippen LogP contribution in [0.25, 0.3) is 0 Å². The van der Waals surface area contributed by atoms with Crippen LogP contribution in [0.5, 0.6) is 0 Å². The van der Waals surface area contributed by atoms with Crippen molar-refractivity contribution >= 4 is 0 Å². The first-order chi connectivity index (χ1) is 5.86. The molecule has 2 nitrogen and oxygen atoms in total. The highest BCUT2D eigenvalue weighted by Gasteiger charge is 2.27. The van der Waals surface area contributed by atoms with Crippen LogP contribution >= 0.6 is 0 Å². The Morgan fingerprint density at radius 1 is 1.25 bits per heavy atom. The molecule has 70 valence electrons. The van der Waals surface area contributed by atoms with Gasteiger partial charge >= 0.3 is 0 Å². The van der Waals surface area contributed by atoms with Crippen molar-refractivity contribution in [1.82, 2.24) is 10.2 Å². The average Bonchev–Trinajstić information content (AvgIpc) is 2.56. The molecule has 1 heterocycles. The summed E-state index contributed by atoms with van der Waals surface area (Å²) in [7, 11) is 2.24. The number of piperazine rings is 1. The third kappa shape index (κ3) is 1.80. The lowest BCUT2D eigenvalue weighted by molar-refractivity contribution is 0.195. The lowest BCUT2D eigenvalue weighted by Gasteiger charge is -2.34. The number of hydrogen-bond donors (Lipinski definition) is 1. The van der Waals surface area contributed by atoms with Crippen LogP contribution in [0.1, 0.15) is 25.7 Å². The summed E-state index contributed by atoms with van der Waals surface area (Å²) in [6.45, 7) is 3.69. The molecule has 0 spiro atoms. The van der Waals surface area contributed by atoms with E-state index < -0.39 is 0 Å². The molecule has 0 bridgehead atoms. The monoisotopic (exact) mass is 168 g/mol. The van der Waals surface area contributed by atoms with Gasteiger partial charge < -0.3 is 10.2 Å². The minimum absolute atomic E-state index is 0.797. The average molecular weight is 168 g/mol. The van der Waals surface area contributed by atoms with Crippen molar-refractivity contribution in [3.8, 4) is 0 Å². The summed E-state index contributed by atoms with van der Waals surface area (Å²) in [6.07, 6.45) is 5.86. The molecule has 1 saturated carbocycles. The van der Waals surface area contributed by atoms with Gasteiger partial charge in [0.05, 0.1) is 0 Å². The van der Waals surface area contributed by atoms with Gasteiger partial charge in [0, 0.05) is 25.7 Å². The Kier molecular flexibility index (Phi) is 2.66. The third-order valence-electron chi connectivity index (χ3n) is 3.38. The zero-order valence-corrected chi connectivity index (χ0v) is 8.05. The Labute approximate surface area is 75.3 Å². The van der Waals surface area contributed by atoms with Crippen molar-refractivity contribution in [3.05, 3.63) is 0 Å². The van der Waals surface area contributed by atoms with Gasteiger partial charge in [-0.2, -0.15) is 0 Å². The van der Waals surface area contributed by atoms with Crippen LogP contribution in [0.3, 0.4) is 0 Å². The maximum Gasteiger partial charge on any atom is 0.0223 e. The Morgan fingerprint density at radius 3 is 2.67 bits per heavy atom. The van der Waals surface area contributed by atoms with E-state index in [0.29, 0.717) is 0 Å². The molecule has 0 aromatic carbocycles. The molecule has 0 aromatic rings. The van der Waals surface area contributed by atoms with Gasteiger partial charge in [-0.05, 0) is 25.8 Å². The van der Waals surface area contributed by atoms with Crippen LogP contribution in [-0.4, -0.2) is 37.6 Å². The van der Waals surface area contributed by atoms with Gasteiger partial charge in [-0.25, -0.2) is 0 Å². The van der Waals surface area contributed by atoms with E-state index in [1.54, 1.807) is 0 Å². The molecular weight excluding hydrogens is 148 g/mol. The molecule has 1 atom stereocenters. The number of likely N-dealkylation sites (N-methyl/N-ethyl adjacent to an activating group) is 1. The summed E-state index contributed by atoms with van der Waals surface area (Å²) in [5.74, 6) is 0.979. The van der Waals surface area contributed by atoms with E-state index in [1.165, 1.54) is 45.3 Å². The summed E-state index contributed by atoms with van der Waals surface area (Å²) in [5, 5.41) is 3.65. The molecule has 12 heavy (non-hydrogen) atoms. The Balaban J connectivity index is 1.85. The number of hydrogen-bond acceptors (Lipinski definition) is 2. The molecule has 1 N–H and O–H groups in total. The van der Waals surface area contributed by atoms with Crippen LogP contribution in [0.2, 0.25) is 0 Å². The maximum absolute atomic E-state index is 3.65. The van der Waals surface area contributed by atoms with Gasteiger partial charge in [0.1, 0.15) is 0 Å². The Hall–Kier alpha value is -0.0800. The van der Waals surface area contributed by atoms with Crippen molar-refractivity contribution in [3.63, 3.8) is 0 Å². The fourth-order valence-electron chi connectivity index (χ4n) is 2.61. The zero-order chi connectivity index (χ0) is 8.39. The summed E-state index contributed by atoms with van der Waals surface area (Å²) in [5.41, 5.74) is 0. The molecule has 1 aliphatic heterocycles. The molecule has 2 fully saturated rings. The van der Waals surface area contributed by atoms with E-state index in [4.69, 9.17) is 0 Å². The predicted octanol–water partition coefficient (Wildman–Crippen LogP) is 1.08. The van der Waals surface area contributed by atoms with Crippen LogP contribution in [-0.2, 0) is 0 Å². The van der Waals surface area contributed by atoms with E-state index in [9.17, 15) is 0 Å². The minimum atomic E-state index is 0.797. The third-order valence-corrected chi connectivity index (χ3v) is 3.38. The van der Waals surface area contributed by atoms with E-state index in [2.05, 4.69) is 17.3 Å². The maximum atomic E-state index is 3.65. The summed E-state index contributed by atoms with van der Waals surface area (Å²) >= 11 is 0. The molecule has 0 radical (unpaired) electrons. The first kappa shape index (κ1) is 8.52. The van der Waals surface area contributed by atoms with Gasteiger partial charge in [0.25, 0.3) is 0 Å². The highest BCUT2D eigenvalue weighted by Crippen LogP contribution is 2.28. The molecule has 2 aliphatic rings. The lowest BCUT2D eigenvalue weighted by atomic mass is 9.96. The topological polar surface area (TPSA) is 15.3 Å². The van der Waals surface area contributed by atoms with Gasteiger partial charge in [0.15, 0.2) is 0 Å². The fraction of sp³-hybridized carbons (Fsp3) is 1.00. The lowest BCUT2D eigenvalue weighted by Crippen LogP contribution is -2.51. The number of rotatable bonds is 1. The molecule has 1 unspecified atom stereocenters. The first-order valence-corrected chi connectivity index (χ1v) is 5.28. The van der Waals surface area contributed by atoms with Gasteiger partial charge in [-0.15, -0.1) is 0 Å². The molecule has 2 heteroatoms. The molecule has 1 saturated heterocycles. The minimum Gasteiger partial charge on any atom is -0.311 e. The fourth-order valence-corrected chi connectivity index (χ4v) is 2.61. The van der Waals surface area contributed by atoms with Crippen molar-refractivity contribution in [2.24, 2.45) is 5.92 Å². The van der Waals surface area contributed by atoms with Crippen LogP contribution in [0.15, 0.2) is 0 Å². The molecule has 2 rings (SSSR count). The van der Waals surface area contributed by atoms with E-state index in [1.807, 2.05) is 0 Å². The van der Waals surface area contributed by atoms with E-state index in [0.717, 1.165) is 12.0 Å². The second-order valence-corrected chi connectivity index (χ2v) is 4.37. The molecule has 1 aliphatic carbocycles. The zero-order valence-electron chi connectivity index (χ0n) is 8.05. The number of nitrogens with one attached hydrogen (secondary N) is 1. The highest BCUT2D eigenvalue weighted by molar-refractivity contribution is 4.85. The highest BCUT2D eigenvalue weighted by atomic mass is 15.2. The second kappa shape index (κ2) is 3.75. The predicted molar refractivity (Wildman–Crippen MR) is 51.2 cm³/mol. The first-order valence-electron chi connectivity index (χ1n) is 5.28. The van der Waals surface area contributed by atoms with Gasteiger partial charge in [-0.3, -0.25) is 0 Å². The quantitative estimate of drug-likeness (QED) is 0.630. The summed E-state index contributed by atoms with van der Waals surface area (Å²) in [6, 6.07) is 0.797. The van der Waals surface area contributed by atoms with Crippen molar-refractivity contribution in [2.75, 3.05) is 26.7 Å². The van der Waals surface area contributed by atoms with E-state index >= 15 is 0 Å². The summed E-state index contributed by atoms with van der Waals surface area (Å²) < 4.78 is 0. The van der Waals surface area contributed by atoms with Gasteiger partial charge in [0.2, 0.25) is 0 Å². The Morgan fingerprint density at radius 2 is 2.00 bits per heavy atom. The van der Waals surface area contributed by atoms with Crippen LogP contribution in [0, 0.1) is 5.92 Å². The van der Waals surface area contributed by atoms with Crippen molar-refractivity contribution in [1.29, 1.82) is 0 Å². The van der Waals surface area contributed by atoms with Gasteiger partial charge in [-0.1, -0.05) is 12.8 Å². The van der Waals surface area contributed by atoms with Crippen molar-refractivity contribution < 1.29 is 0 Å². The molecular formula is C10H20N2. The number of nitrogens with zero attached hydrogens (tertiary/aromatic N) is 1.